The van der Waals surface area contributed by atoms with Gasteiger partial charge in [-0.2, -0.15) is 0 Å². The van der Waals surface area contributed by atoms with E-state index in [0.29, 0.717) is 6.54 Å². The number of halogens is 1. The lowest BCUT2D eigenvalue weighted by atomic mass is 10.2. The van der Waals surface area contributed by atoms with Gasteiger partial charge in [-0.3, -0.25) is 0 Å². The van der Waals surface area contributed by atoms with Crippen LogP contribution in [0.25, 0.3) is 0 Å². The summed E-state index contributed by atoms with van der Waals surface area (Å²) in [5.74, 6) is 0. The van der Waals surface area contributed by atoms with Crippen molar-refractivity contribution in [2.45, 2.75) is 6.54 Å². The maximum absolute atomic E-state index is 11.7. The normalized spacial score (nSPS) is 9.83. The molecule has 0 amide bonds. The molecule has 1 rings (SSSR count). The zero-order valence-electron chi connectivity index (χ0n) is 6.59. The highest BCUT2D eigenvalue weighted by Crippen LogP contribution is 2.13. The highest BCUT2D eigenvalue weighted by atomic mass is 32.2. The topological polar surface area (TPSA) is 38.0 Å². The lowest BCUT2D eigenvalue weighted by molar-refractivity contribution is 0.606. The molecule has 66 valence electrons. The third-order valence-corrected chi connectivity index (χ3v) is 1.92. The van der Waals surface area contributed by atoms with E-state index in [1.165, 1.54) is 0 Å². The van der Waals surface area contributed by atoms with E-state index >= 15 is 0 Å². The zero-order valence-corrected chi connectivity index (χ0v) is 7.40. The van der Waals surface area contributed by atoms with Crippen molar-refractivity contribution in [3.05, 3.63) is 29.8 Å². The van der Waals surface area contributed by atoms with Crippen LogP contribution in [0.3, 0.4) is 0 Å². The van der Waals surface area contributed by atoms with Gasteiger partial charge < -0.3 is 10.5 Å². The van der Waals surface area contributed by atoms with Crippen molar-refractivity contribution in [3.8, 4) is 0 Å². The van der Waals surface area contributed by atoms with E-state index in [-0.39, 0.29) is 0 Å². The van der Waals surface area contributed by atoms with Crippen LogP contribution in [0, 0.1) is 0 Å². The van der Waals surface area contributed by atoms with Crippen LogP contribution in [0.2, 0.25) is 0 Å². The van der Waals surface area contributed by atoms with Crippen LogP contribution < -0.4 is 10.5 Å². The van der Waals surface area contributed by atoms with Crippen LogP contribution >= 0.6 is 11.9 Å². The van der Waals surface area contributed by atoms with Crippen LogP contribution in [0.5, 0.6) is 0 Å². The maximum atomic E-state index is 11.7. The number of benzene rings is 1. The predicted octanol–water partition coefficient (Wildman–Crippen LogP) is 2.13. The van der Waals surface area contributed by atoms with E-state index in [1.807, 2.05) is 24.3 Å². The Morgan fingerprint density at radius 3 is 2.50 bits per heavy atom. The second kappa shape index (κ2) is 5.00. The highest BCUT2D eigenvalue weighted by Gasteiger charge is 1.91. The van der Waals surface area contributed by atoms with Crippen molar-refractivity contribution >= 4 is 17.6 Å². The number of hydrogen-bond acceptors (Lipinski definition) is 3. The minimum Gasteiger partial charge on any atom is -0.328 e. The smallest absolute Gasteiger partial charge is 0.154 e. The second-order valence-electron chi connectivity index (χ2n) is 2.26. The molecule has 0 saturated carbocycles. The first-order valence-corrected chi connectivity index (χ1v) is 4.58. The van der Waals surface area contributed by atoms with E-state index in [4.69, 9.17) is 5.73 Å². The van der Waals surface area contributed by atoms with Gasteiger partial charge in [0.1, 0.15) is 0 Å². The molecule has 1 aromatic carbocycles. The largest absolute Gasteiger partial charge is 0.328 e. The summed E-state index contributed by atoms with van der Waals surface area (Å²) in [4.78, 5) is 0. The molecule has 0 spiro atoms. The average Bonchev–Trinajstić information content (AvgIpc) is 2.15. The first-order valence-electron chi connectivity index (χ1n) is 3.59. The standard InChI is InChI=1S/C8H11FN2S/c9-6-12-11-8-3-1-7(5-10)2-4-8/h1-4,11H,5-6,10H2. The Morgan fingerprint density at radius 1 is 1.33 bits per heavy atom. The van der Waals surface area contributed by atoms with Gasteiger partial charge in [-0.05, 0) is 29.6 Å². The third-order valence-electron chi connectivity index (χ3n) is 1.43. The number of anilines is 1. The molecule has 0 aromatic heterocycles. The van der Waals surface area contributed by atoms with Gasteiger partial charge in [0.2, 0.25) is 0 Å². The SMILES string of the molecule is NCc1ccc(NSCF)cc1. The fraction of sp³-hybridized carbons (Fsp3) is 0.250. The molecule has 3 N–H and O–H groups in total. The Labute approximate surface area is 75.5 Å². The summed E-state index contributed by atoms with van der Waals surface area (Å²) in [6.45, 7) is 0.538. The zero-order chi connectivity index (χ0) is 8.81. The molecule has 0 heterocycles. The summed E-state index contributed by atoms with van der Waals surface area (Å²) in [6, 6.07) is 7.16. The van der Waals surface area contributed by atoms with Gasteiger partial charge in [-0.15, -0.1) is 0 Å². The molecule has 0 aliphatic heterocycles. The van der Waals surface area contributed by atoms with Crippen LogP contribution in [0.4, 0.5) is 10.1 Å². The average molecular weight is 186 g/mol. The molecule has 0 aliphatic rings. The molecule has 0 aliphatic carbocycles. The molecule has 0 radical (unpaired) electrons. The van der Waals surface area contributed by atoms with Gasteiger partial charge in [0.25, 0.3) is 0 Å². The minimum atomic E-state index is -0.432. The first-order chi connectivity index (χ1) is 5.86. The molecule has 0 fully saturated rings. The van der Waals surface area contributed by atoms with Crippen molar-refractivity contribution in [1.82, 2.24) is 0 Å². The van der Waals surface area contributed by atoms with Gasteiger partial charge in [-0.1, -0.05) is 12.1 Å². The Morgan fingerprint density at radius 2 is 2.00 bits per heavy atom. The molecular formula is C8H11FN2S. The molecule has 12 heavy (non-hydrogen) atoms. The van der Waals surface area contributed by atoms with Gasteiger partial charge in [0, 0.05) is 12.2 Å². The summed E-state index contributed by atoms with van der Waals surface area (Å²) in [5.41, 5.74) is 7.39. The van der Waals surface area contributed by atoms with Crippen molar-refractivity contribution in [2.24, 2.45) is 5.73 Å². The number of nitrogens with two attached hydrogens (primary N) is 1. The summed E-state index contributed by atoms with van der Waals surface area (Å²) < 4.78 is 14.6. The Balaban J connectivity index is 2.53. The summed E-state index contributed by atoms with van der Waals surface area (Å²) >= 11 is 1.03. The molecule has 0 atom stereocenters. The fourth-order valence-corrected chi connectivity index (χ4v) is 1.18. The first kappa shape index (κ1) is 9.35. The Bertz CT molecular complexity index is 225. The third kappa shape index (κ3) is 2.71. The molecular weight excluding hydrogens is 175 g/mol. The summed E-state index contributed by atoms with van der Waals surface area (Å²) in [7, 11) is 0. The highest BCUT2D eigenvalue weighted by molar-refractivity contribution is 8.00. The van der Waals surface area contributed by atoms with Crippen LogP contribution in [-0.4, -0.2) is 6.01 Å². The van der Waals surface area contributed by atoms with Crippen molar-refractivity contribution < 1.29 is 4.39 Å². The van der Waals surface area contributed by atoms with E-state index in [2.05, 4.69) is 4.72 Å². The molecule has 1 aromatic rings. The van der Waals surface area contributed by atoms with E-state index in [1.54, 1.807) is 0 Å². The Hall–Kier alpha value is -0.740. The Kier molecular flexibility index (Phi) is 3.90. The predicted molar refractivity (Wildman–Crippen MR) is 51.5 cm³/mol. The summed E-state index contributed by atoms with van der Waals surface area (Å²) in [6.07, 6.45) is 0. The fourth-order valence-electron chi connectivity index (χ4n) is 0.819. The van der Waals surface area contributed by atoms with E-state index < -0.39 is 6.01 Å². The number of alkyl halides is 1. The monoisotopic (exact) mass is 186 g/mol. The number of hydrogen-bond donors (Lipinski definition) is 2. The van der Waals surface area contributed by atoms with Crippen molar-refractivity contribution in [2.75, 3.05) is 10.7 Å². The quantitative estimate of drug-likeness (QED) is 0.707. The maximum Gasteiger partial charge on any atom is 0.154 e. The van der Waals surface area contributed by atoms with Crippen LogP contribution in [0.15, 0.2) is 24.3 Å². The lowest BCUT2D eigenvalue weighted by Gasteiger charge is -2.02. The van der Waals surface area contributed by atoms with Crippen LogP contribution in [0.1, 0.15) is 5.56 Å². The molecule has 0 bridgehead atoms. The van der Waals surface area contributed by atoms with E-state index in [9.17, 15) is 4.39 Å². The summed E-state index contributed by atoms with van der Waals surface area (Å²) in [5, 5.41) is 0. The molecule has 4 heteroatoms. The molecule has 2 nitrogen and oxygen atoms in total. The van der Waals surface area contributed by atoms with Gasteiger partial charge >= 0.3 is 0 Å². The molecule has 0 saturated heterocycles. The van der Waals surface area contributed by atoms with Gasteiger partial charge in [0.05, 0.1) is 0 Å². The van der Waals surface area contributed by atoms with Crippen molar-refractivity contribution in [3.63, 3.8) is 0 Å². The number of rotatable bonds is 4. The van der Waals surface area contributed by atoms with Gasteiger partial charge in [0.15, 0.2) is 6.01 Å². The second-order valence-corrected chi connectivity index (χ2v) is 2.97. The number of nitrogens with one attached hydrogen (secondary N) is 1. The van der Waals surface area contributed by atoms with Crippen LogP contribution in [-0.2, 0) is 6.54 Å². The van der Waals surface area contributed by atoms with Crippen molar-refractivity contribution in [1.29, 1.82) is 0 Å². The molecule has 0 unspecified atom stereocenters. The van der Waals surface area contributed by atoms with E-state index in [0.717, 1.165) is 23.2 Å². The van der Waals surface area contributed by atoms with Gasteiger partial charge in [-0.25, -0.2) is 4.39 Å². The lowest BCUT2D eigenvalue weighted by Crippen LogP contribution is -1.95. The minimum absolute atomic E-state index is 0.432.